The number of hydrogen-bond donors (Lipinski definition) is 0. The van der Waals surface area contributed by atoms with Gasteiger partial charge >= 0.3 is 0 Å². The van der Waals surface area contributed by atoms with Gasteiger partial charge in [-0.25, -0.2) is 0 Å². The summed E-state index contributed by atoms with van der Waals surface area (Å²) >= 11 is -0.892. The average Bonchev–Trinajstić information content (AvgIpc) is 2.20. The van der Waals surface area contributed by atoms with Crippen molar-refractivity contribution < 1.29 is 4.55 Å². The second kappa shape index (κ2) is 4.03. The highest BCUT2D eigenvalue weighted by molar-refractivity contribution is 7.97. The van der Waals surface area contributed by atoms with Crippen LogP contribution in [0.25, 0.3) is 0 Å². The Hall–Kier alpha value is -0.670. The van der Waals surface area contributed by atoms with E-state index in [0.29, 0.717) is 6.04 Å². The first-order chi connectivity index (χ1) is 6.36. The molecule has 0 aromatic rings. The summed E-state index contributed by atoms with van der Waals surface area (Å²) in [6, 6.07) is 0.471. The maximum Gasteiger partial charge on any atom is 0.138 e. The van der Waals surface area contributed by atoms with Crippen molar-refractivity contribution in [2.24, 2.45) is 0 Å². The highest BCUT2D eigenvalue weighted by Crippen LogP contribution is 2.19. The SMILES string of the molecule is [O-][S+]1C=CN(C2C=CCCC2)C=C1. The standard InChI is InChI=1S/C10H13NOS/c12-13-8-6-11(7-9-13)10-4-2-1-3-5-10/h2,4,6-10H,1,3,5H2. The summed E-state index contributed by atoms with van der Waals surface area (Å²) in [7, 11) is 0. The Labute approximate surface area is 81.8 Å². The third kappa shape index (κ3) is 2.17. The maximum atomic E-state index is 11.0. The van der Waals surface area contributed by atoms with Crippen LogP contribution in [0.3, 0.4) is 0 Å². The van der Waals surface area contributed by atoms with E-state index in [-0.39, 0.29) is 0 Å². The van der Waals surface area contributed by atoms with E-state index in [1.165, 1.54) is 19.3 Å². The van der Waals surface area contributed by atoms with Crippen LogP contribution >= 0.6 is 0 Å². The fourth-order valence-corrected chi connectivity index (χ4v) is 2.23. The molecule has 0 fully saturated rings. The zero-order valence-corrected chi connectivity index (χ0v) is 8.24. The predicted octanol–water partition coefficient (Wildman–Crippen LogP) is 2.10. The summed E-state index contributed by atoms with van der Waals surface area (Å²) in [4.78, 5) is 2.12. The predicted molar refractivity (Wildman–Crippen MR) is 55.0 cm³/mol. The molecule has 0 amide bonds. The van der Waals surface area contributed by atoms with Crippen LogP contribution in [0.4, 0.5) is 0 Å². The first kappa shape index (κ1) is 8.91. The average molecular weight is 195 g/mol. The van der Waals surface area contributed by atoms with Crippen LogP contribution in [0.2, 0.25) is 0 Å². The van der Waals surface area contributed by atoms with E-state index in [0.717, 1.165) is 0 Å². The Kier molecular flexibility index (Phi) is 2.76. The van der Waals surface area contributed by atoms with Crippen LogP contribution in [-0.2, 0) is 11.2 Å². The molecule has 0 radical (unpaired) electrons. The maximum absolute atomic E-state index is 11.0. The van der Waals surface area contributed by atoms with Gasteiger partial charge in [0.2, 0.25) is 0 Å². The second-order valence-electron chi connectivity index (χ2n) is 3.27. The molecule has 0 saturated carbocycles. The first-order valence-electron chi connectivity index (χ1n) is 4.56. The molecule has 0 bridgehead atoms. The van der Waals surface area contributed by atoms with E-state index < -0.39 is 11.2 Å². The molecule has 1 aliphatic heterocycles. The van der Waals surface area contributed by atoms with Crippen molar-refractivity contribution >= 4 is 11.2 Å². The first-order valence-corrected chi connectivity index (χ1v) is 5.84. The topological polar surface area (TPSA) is 26.3 Å². The molecule has 1 atom stereocenters. The summed E-state index contributed by atoms with van der Waals surface area (Å²) < 4.78 is 11.0. The molecule has 0 spiro atoms. The van der Waals surface area contributed by atoms with Crippen molar-refractivity contribution in [3.8, 4) is 0 Å². The van der Waals surface area contributed by atoms with Gasteiger partial charge in [0.15, 0.2) is 0 Å². The van der Waals surface area contributed by atoms with Crippen molar-refractivity contribution in [2.45, 2.75) is 25.3 Å². The monoisotopic (exact) mass is 195 g/mol. The van der Waals surface area contributed by atoms with Gasteiger partial charge in [0.25, 0.3) is 0 Å². The Morgan fingerprint density at radius 1 is 1.31 bits per heavy atom. The van der Waals surface area contributed by atoms with Crippen molar-refractivity contribution in [3.05, 3.63) is 35.4 Å². The second-order valence-corrected chi connectivity index (χ2v) is 4.47. The number of nitrogens with zero attached hydrogens (tertiary/aromatic N) is 1. The zero-order chi connectivity index (χ0) is 9.10. The lowest BCUT2D eigenvalue weighted by Gasteiger charge is -2.27. The minimum Gasteiger partial charge on any atom is -0.607 e. The van der Waals surface area contributed by atoms with E-state index in [1.54, 1.807) is 10.8 Å². The number of rotatable bonds is 1. The van der Waals surface area contributed by atoms with Gasteiger partial charge in [-0.15, -0.1) is 0 Å². The van der Waals surface area contributed by atoms with Crippen LogP contribution < -0.4 is 0 Å². The summed E-state index contributed by atoms with van der Waals surface area (Å²) in [5, 5.41) is 3.45. The number of hydrogen-bond acceptors (Lipinski definition) is 2. The van der Waals surface area contributed by atoms with Gasteiger partial charge in [-0.2, -0.15) is 0 Å². The molecule has 0 aromatic carbocycles. The summed E-state index contributed by atoms with van der Waals surface area (Å²) in [5.41, 5.74) is 0. The van der Waals surface area contributed by atoms with Crippen molar-refractivity contribution in [2.75, 3.05) is 0 Å². The van der Waals surface area contributed by atoms with Gasteiger partial charge in [0, 0.05) is 11.2 Å². The Morgan fingerprint density at radius 2 is 2.08 bits per heavy atom. The van der Waals surface area contributed by atoms with Gasteiger partial charge in [-0.05, 0) is 19.3 Å². The minimum atomic E-state index is -0.892. The molecular weight excluding hydrogens is 182 g/mol. The zero-order valence-electron chi connectivity index (χ0n) is 7.43. The van der Waals surface area contributed by atoms with Gasteiger partial charge in [0.05, 0.1) is 18.4 Å². The van der Waals surface area contributed by atoms with E-state index in [4.69, 9.17) is 0 Å². The lowest BCUT2D eigenvalue weighted by molar-refractivity contribution is 0.385. The van der Waals surface area contributed by atoms with Crippen molar-refractivity contribution in [1.29, 1.82) is 0 Å². The molecule has 2 aliphatic rings. The smallest absolute Gasteiger partial charge is 0.138 e. The van der Waals surface area contributed by atoms with Gasteiger partial charge in [-0.1, -0.05) is 12.2 Å². The molecule has 13 heavy (non-hydrogen) atoms. The fraction of sp³-hybridized carbons (Fsp3) is 0.400. The van der Waals surface area contributed by atoms with Crippen molar-refractivity contribution in [3.63, 3.8) is 0 Å². The quantitative estimate of drug-likeness (QED) is 0.473. The highest BCUT2D eigenvalue weighted by atomic mass is 32.2. The lowest BCUT2D eigenvalue weighted by atomic mass is 10.0. The summed E-state index contributed by atoms with van der Waals surface area (Å²) in [6.07, 6.45) is 11.9. The van der Waals surface area contributed by atoms with Crippen LogP contribution in [0, 0.1) is 0 Å². The third-order valence-corrected chi connectivity index (χ3v) is 3.13. The molecule has 0 aromatic heterocycles. The third-order valence-electron chi connectivity index (χ3n) is 2.35. The van der Waals surface area contributed by atoms with Crippen molar-refractivity contribution in [1.82, 2.24) is 4.90 Å². The Balaban J connectivity index is 2.01. The normalized spacial score (nSPS) is 28.4. The molecule has 70 valence electrons. The van der Waals surface area contributed by atoms with Crippen LogP contribution in [0.15, 0.2) is 35.4 Å². The molecule has 3 heteroatoms. The summed E-state index contributed by atoms with van der Waals surface area (Å²) in [5.74, 6) is 0. The van der Waals surface area contributed by atoms with E-state index in [2.05, 4.69) is 17.1 Å². The number of allylic oxidation sites excluding steroid dienone is 1. The molecular formula is C10H13NOS. The molecule has 2 rings (SSSR count). The minimum absolute atomic E-state index is 0.471. The molecule has 1 aliphatic carbocycles. The van der Waals surface area contributed by atoms with Crippen LogP contribution in [0.1, 0.15) is 19.3 Å². The Bertz CT molecular complexity index is 246. The Morgan fingerprint density at radius 3 is 2.69 bits per heavy atom. The van der Waals surface area contributed by atoms with Gasteiger partial charge < -0.3 is 9.45 Å². The molecule has 1 unspecified atom stereocenters. The van der Waals surface area contributed by atoms with Gasteiger partial charge in [-0.3, -0.25) is 0 Å². The summed E-state index contributed by atoms with van der Waals surface area (Å²) in [6.45, 7) is 0. The van der Waals surface area contributed by atoms with Crippen LogP contribution in [-0.4, -0.2) is 15.5 Å². The van der Waals surface area contributed by atoms with E-state index >= 15 is 0 Å². The fourth-order valence-electron chi connectivity index (χ4n) is 1.62. The van der Waals surface area contributed by atoms with E-state index in [9.17, 15) is 4.55 Å². The molecule has 1 heterocycles. The molecule has 0 N–H and O–H groups in total. The van der Waals surface area contributed by atoms with Gasteiger partial charge in [0.1, 0.15) is 10.8 Å². The molecule has 0 saturated heterocycles. The van der Waals surface area contributed by atoms with E-state index in [1.807, 2.05) is 12.4 Å². The van der Waals surface area contributed by atoms with Crippen LogP contribution in [0.5, 0.6) is 0 Å². The largest absolute Gasteiger partial charge is 0.607 e. The highest BCUT2D eigenvalue weighted by Gasteiger charge is 2.16. The lowest BCUT2D eigenvalue weighted by Crippen LogP contribution is -2.27. The molecule has 2 nitrogen and oxygen atoms in total.